The molecule has 2 aromatic heterocycles. The van der Waals surface area contributed by atoms with Gasteiger partial charge >= 0.3 is 5.97 Å². The number of carboxylic acids is 1. The first kappa shape index (κ1) is 16.8. The Labute approximate surface area is 146 Å². The van der Waals surface area contributed by atoms with Gasteiger partial charge in [-0.15, -0.1) is 11.3 Å². The summed E-state index contributed by atoms with van der Waals surface area (Å²) in [6.45, 7) is 9.11. The quantitative estimate of drug-likeness (QED) is 0.874. The van der Waals surface area contributed by atoms with Crippen LogP contribution in [0.1, 0.15) is 72.2 Å². The molecule has 0 bridgehead atoms. The molecule has 0 amide bonds. The highest BCUT2D eigenvalue weighted by Crippen LogP contribution is 2.48. The highest BCUT2D eigenvalue weighted by Gasteiger charge is 2.40. The highest BCUT2D eigenvalue weighted by molar-refractivity contribution is 7.12. The first-order valence-electron chi connectivity index (χ1n) is 8.08. The number of aromatic nitrogens is 2. The van der Waals surface area contributed by atoms with Crippen molar-refractivity contribution in [2.24, 2.45) is 0 Å². The fraction of sp³-hybridized carbons (Fsp3) is 0.421. The zero-order valence-electron chi connectivity index (χ0n) is 14.5. The lowest BCUT2D eigenvalue weighted by Gasteiger charge is -2.37. The molecule has 0 spiro atoms. The average molecular weight is 342 g/mol. The molecule has 3 rings (SSSR count). The summed E-state index contributed by atoms with van der Waals surface area (Å²) in [6, 6.07) is 3.27. The summed E-state index contributed by atoms with van der Waals surface area (Å²) in [7, 11) is 0. The fourth-order valence-corrected chi connectivity index (χ4v) is 4.25. The second-order valence-corrected chi connectivity index (χ2v) is 8.64. The molecule has 0 saturated carbocycles. The second-order valence-electron chi connectivity index (χ2n) is 7.61. The molecule has 0 unspecified atom stereocenters. The molecule has 0 atom stereocenters. The normalized spacial score (nSPS) is 18.5. The van der Waals surface area contributed by atoms with E-state index in [2.05, 4.69) is 32.7 Å². The van der Waals surface area contributed by atoms with Crippen LogP contribution in [-0.4, -0.2) is 21.0 Å². The minimum Gasteiger partial charge on any atom is -0.478 e. The van der Waals surface area contributed by atoms with Gasteiger partial charge in [0.1, 0.15) is 5.01 Å². The van der Waals surface area contributed by atoms with Crippen molar-refractivity contribution in [3.05, 3.63) is 45.2 Å². The Morgan fingerprint density at radius 2 is 1.88 bits per heavy atom. The van der Waals surface area contributed by atoms with Crippen molar-refractivity contribution in [2.45, 2.75) is 51.4 Å². The Balaban J connectivity index is 1.89. The van der Waals surface area contributed by atoms with Crippen LogP contribution < -0.4 is 0 Å². The predicted molar refractivity (Wildman–Crippen MR) is 97.5 cm³/mol. The number of carbonyl (C=O) groups is 1. The monoisotopic (exact) mass is 342 g/mol. The molecule has 24 heavy (non-hydrogen) atoms. The molecule has 1 aliphatic carbocycles. The molecule has 126 valence electrons. The van der Waals surface area contributed by atoms with Crippen LogP contribution in [0.15, 0.2) is 18.3 Å². The first-order chi connectivity index (χ1) is 11.2. The molecular weight excluding hydrogens is 320 g/mol. The van der Waals surface area contributed by atoms with E-state index in [1.807, 2.05) is 12.2 Å². The summed E-state index contributed by atoms with van der Waals surface area (Å²) in [4.78, 5) is 21.3. The maximum atomic E-state index is 10.9. The molecule has 4 nitrogen and oxygen atoms in total. The molecule has 0 aliphatic heterocycles. The Morgan fingerprint density at radius 3 is 2.46 bits per heavy atom. The largest absolute Gasteiger partial charge is 0.478 e. The number of aromatic carboxylic acids is 1. The van der Waals surface area contributed by atoms with Crippen molar-refractivity contribution in [1.82, 2.24) is 9.97 Å². The number of nitrogens with zero attached hydrogens (tertiary/aromatic N) is 2. The van der Waals surface area contributed by atoms with Crippen LogP contribution in [0.5, 0.6) is 0 Å². The number of rotatable bonds is 3. The maximum Gasteiger partial charge on any atom is 0.337 e. The molecule has 2 heterocycles. The molecule has 0 saturated heterocycles. The molecule has 1 aliphatic rings. The van der Waals surface area contributed by atoms with Crippen molar-refractivity contribution in [3.8, 4) is 0 Å². The van der Waals surface area contributed by atoms with E-state index in [1.165, 1.54) is 23.2 Å². The van der Waals surface area contributed by atoms with Crippen LogP contribution >= 0.6 is 11.3 Å². The third-order valence-electron chi connectivity index (χ3n) is 4.70. The van der Waals surface area contributed by atoms with Crippen LogP contribution in [-0.2, 0) is 10.8 Å². The third kappa shape index (κ3) is 3.13. The van der Waals surface area contributed by atoms with Gasteiger partial charge < -0.3 is 5.11 Å². The van der Waals surface area contributed by atoms with Crippen LogP contribution in [0.2, 0.25) is 0 Å². The lowest BCUT2D eigenvalue weighted by atomic mass is 9.69. The summed E-state index contributed by atoms with van der Waals surface area (Å²) in [5.74, 6) is -0.963. The van der Waals surface area contributed by atoms with E-state index in [1.54, 1.807) is 23.5 Å². The van der Waals surface area contributed by atoms with Gasteiger partial charge in [-0.2, -0.15) is 0 Å². The zero-order valence-corrected chi connectivity index (χ0v) is 15.3. The summed E-state index contributed by atoms with van der Waals surface area (Å²) >= 11 is 1.75. The van der Waals surface area contributed by atoms with Gasteiger partial charge in [0.2, 0.25) is 0 Å². The fourth-order valence-electron chi connectivity index (χ4n) is 2.97. The Morgan fingerprint density at radius 1 is 1.17 bits per heavy atom. The van der Waals surface area contributed by atoms with Crippen molar-refractivity contribution < 1.29 is 9.90 Å². The van der Waals surface area contributed by atoms with Gasteiger partial charge in [0, 0.05) is 21.9 Å². The van der Waals surface area contributed by atoms with Gasteiger partial charge in [-0.3, -0.25) is 4.98 Å². The smallest absolute Gasteiger partial charge is 0.337 e. The number of hydrogen-bond acceptors (Lipinski definition) is 4. The zero-order chi connectivity index (χ0) is 17.5. The van der Waals surface area contributed by atoms with Gasteiger partial charge in [-0.05, 0) is 37.1 Å². The lowest BCUT2D eigenvalue weighted by Crippen LogP contribution is -2.32. The summed E-state index contributed by atoms with van der Waals surface area (Å²) in [5.41, 5.74) is 2.44. The van der Waals surface area contributed by atoms with Gasteiger partial charge in [0.05, 0.1) is 17.0 Å². The molecule has 5 heteroatoms. The number of thiazole rings is 1. The van der Waals surface area contributed by atoms with E-state index in [4.69, 9.17) is 10.1 Å². The Bertz CT molecular complexity index is 768. The Kier molecular flexibility index (Phi) is 4.08. The minimum atomic E-state index is -0.963. The standard InChI is InChI=1S/C19H22N2O2S/c1-18(2)9-10-19(3,4)16-15(18)21-14(24-16)8-7-13-6-5-12(11-20-13)17(22)23/h5-8,11H,9-10H2,1-4H3,(H,22,23). The molecule has 0 aromatic carbocycles. The van der Waals surface area contributed by atoms with Crippen LogP contribution in [0, 0.1) is 0 Å². The second kappa shape index (κ2) is 5.81. The van der Waals surface area contributed by atoms with E-state index >= 15 is 0 Å². The van der Waals surface area contributed by atoms with Crippen molar-refractivity contribution >= 4 is 29.5 Å². The van der Waals surface area contributed by atoms with Crippen LogP contribution in [0.25, 0.3) is 12.2 Å². The van der Waals surface area contributed by atoms with Gasteiger partial charge in [0.15, 0.2) is 0 Å². The van der Waals surface area contributed by atoms with E-state index in [9.17, 15) is 4.79 Å². The third-order valence-corrected chi connectivity index (χ3v) is 6.09. The van der Waals surface area contributed by atoms with E-state index < -0.39 is 5.97 Å². The first-order valence-corrected chi connectivity index (χ1v) is 8.90. The summed E-state index contributed by atoms with van der Waals surface area (Å²) in [6.07, 6.45) is 7.56. The minimum absolute atomic E-state index is 0.120. The molecular formula is C19H22N2O2S. The summed E-state index contributed by atoms with van der Waals surface area (Å²) in [5, 5.41) is 9.89. The summed E-state index contributed by atoms with van der Waals surface area (Å²) < 4.78 is 0. The van der Waals surface area contributed by atoms with Crippen LogP contribution in [0.3, 0.4) is 0 Å². The number of fused-ring (bicyclic) bond motifs is 1. The number of hydrogen-bond donors (Lipinski definition) is 1. The van der Waals surface area contributed by atoms with Crippen molar-refractivity contribution in [1.29, 1.82) is 0 Å². The van der Waals surface area contributed by atoms with E-state index in [0.29, 0.717) is 0 Å². The SMILES string of the molecule is CC1(C)CCC(C)(C)c2sc(C=Cc3ccc(C(=O)O)cn3)nc21. The molecule has 1 N–H and O–H groups in total. The van der Waals surface area contributed by atoms with Crippen molar-refractivity contribution in [2.75, 3.05) is 0 Å². The average Bonchev–Trinajstić information content (AvgIpc) is 2.97. The van der Waals surface area contributed by atoms with E-state index in [-0.39, 0.29) is 16.4 Å². The highest BCUT2D eigenvalue weighted by atomic mass is 32.1. The van der Waals surface area contributed by atoms with Gasteiger partial charge in [-0.25, -0.2) is 9.78 Å². The van der Waals surface area contributed by atoms with E-state index in [0.717, 1.165) is 17.1 Å². The lowest BCUT2D eigenvalue weighted by molar-refractivity contribution is 0.0696. The van der Waals surface area contributed by atoms with Crippen molar-refractivity contribution in [3.63, 3.8) is 0 Å². The van der Waals surface area contributed by atoms with Gasteiger partial charge in [-0.1, -0.05) is 27.7 Å². The van der Waals surface area contributed by atoms with Crippen LogP contribution in [0.4, 0.5) is 0 Å². The number of pyridine rings is 1. The predicted octanol–water partition coefficient (Wildman–Crippen LogP) is 4.76. The molecule has 0 fully saturated rings. The topological polar surface area (TPSA) is 63.1 Å². The Hall–Kier alpha value is -2.01. The number of carboxylic acid groups (broad SMARTS) is 1. The molecule has 0 radical (unpaired) electrons. The van der Waals surface area contributed by atoms with Gasteiger partial charge in [0.25, 0.3) is 0 Å². The molecule has 2 aromatic rings. The maximum absolute atomic E-state index is 10.9.